The summed E-state index contributed by atoms with van der Waals surface area (Å²) in [6, 6.07) is 17.0. The second-order valence-corrected chi connectivity index (χ2v) is 9.37. The Morgan fingerprint density at radius 2 is 1.77 bits per heavy atom. The first-order valence-corrected chi connectivity index (χ1v) is 13.0. The third kappa shape index (κ3) is 5.69. The summed E-state index contributed by atoms with van der Waals surface area (Å²) in [7, 11) is 4.80. The van der Waals surface area contributed by atoms with Gasteiger partial charge >= 0.3 is 0 Å². The molecule has 3 heterocycles. The average molecular weight is 545 g/mol. The van der Waals surface area contributed by atoms with Gasteiger partial charge in [-0.15, -0.1) is 5.10 Å². The maximum absolute atomic E-state index is 13.3. The monoisotopic (exact) mass is 544 g/mol. The minimum Gasteiger partial charge on any atom is -0.497 e. The Hall–Kier alpha value is -4.64. The van der Waals surface area contributed by atoms with Crippen LogP contribution in [0, 0.1) is 0 Å². The van der Waals surface area contributed by atoms with Gasteiger partial charge in [-0.2, -0.15) is 0 Å². The molecule has 11 nitrogen and oxygen atoms in total. The molecule has 0 aliphatic heterocycles. The predicted molar refractivity (Wildman–Crippen MR) is 149 cm³/mol. The van der Waals surface area contributed by atoms with Crippen molar-refractivity contribution in [2.75, 3.05) is 21.3 Å². The molecule has 0 radical (unpaired) electrons. The lowest BCUT2D eigenvalue weighted by Crippen LogP contribution is -2.32. The Balaban J connectivity index is 1.53. The van der Waals surface area contributed by atoms with Crippen molar-refractivity contribution in [2.45, 2.75) is 39.0 Å². The van der Waals surface area contributed by atoms with Crippen molar-refractivity contribution >= 4 is 10.9 Å². The van der Waals surface area contributed by atoms with Crippen LogP contribution in [0.15, 0.2) is 70.1 Å². The second-order valence-electron chi connectivity index (χ2n) is 9.37. The van der Waals surface area contributed by atoms with E-state index in [9.17, 15) is 4.79 Å². The molecule has 1 N–H and O–H groups in total. The Morgan fingerprint density at radius 3 is 2.45 bits per heavy atom. The molecule has 5 rings (SSSR count). The third-order valence-corrected chi connectivity index (χ3v) is 6.91. The van der Waals surface area contributed by atoms with Gasteiger partial charge in [-0.25, -0.2) is 4.68 Å². The largest absolute Gasteiger partial charge is 0.497 e. The van der Waals surface area contributed by atoms with E-state index >= 15 is 0 Å². The molecule has 0 saturated heterocycles. The summed E-state index contributed by atoms with van der Waals surface area (Å²) in [4.78, 5) is 18.5. The molecule has 0 unspecified atom stereocenters. The molecule has 0 aliphatic rings. The summed E-state index contributed by atoms with van der Waals surface area (Å²) >= 11 is 0. The summed E-state index contributed by atoms with van der Waals surface area (Å²) in [6.07, 6.45) is 2.34. The van der Waals surface area contributed by atoms with E-state index in [1.807, 2.05) is 48.5 Å². The average Bonchev–Trinajstić information content (AvgIpc) is 3.66. The highest BCUT2D eigenvalue weighted by atomic mass is 16.5. The number of methoxy groups -OCH3 is 3. The Labute approximate surface area is 231 Å². The fourth-order valence-corrected chi connectivity index (χ4v) is 4.87. The topological polar surface area (TPSA) is 121 Å². The molecule has 0 saturated carbocycles. The summed E-state index contributed by atoms with van der Waals surface area (Å²) < 4.78 is 23.5. The Kier molecular flexibility index (Phi) is 8.11. The maximum atomic E-state index is 13.3. The lowest BCUT2D eigenvalue weighted by molar-refractivity contribution is 0.161. The van der Waals surface area contributed by atoms with Crippen molar-refractivity contribution in [1.82, 2.24) is 30.1 Å². The van der Waals surface area contributed by atoms with Gasteiger partial charge in [0.1, 0.15) is 18.1 Å². The van der Waals surface area contributed by atoms with Crippen LogP contribution in [0.3, 0.4) is 0 Å². The van der Waals surface area contributed by atoms with Crippen LogP contribution in [0.4, 0.5) is 0 Å². The van der Waals surface area contributed by atoms with Gasteiger partial charge in [0, 0.05) is 30.1 Å². The first-order chi connectivity index (χ1) is 19.5. The lowest BCUT2D eigenvalue weighted by atomic mass is 10.1. The minimum absolute atomic E-state index is 0.176. The van der Waals surface area contributed by atoms with Crippen molar-refractivity contribution in [3.8, 4) is 17.2 Å². The van der Waals surface area contributed by atoms with Gasteiger partial charge in [0.25, 0.3) is 5.56 Å². The Morgan fingerprint density at radius 1 is 1.00 bits per heavy atom. The van der Waals surface area contributed by atoms with Crippen LogP contribution in [0.25, 0.3) is 10.9 Å². The van der Waals surface area contributed by atoms with E-state index in [1.54, 1.807) is 38.3 Å². The van der Waals surface area contributed by atoms with E-state index in [-0.39, 0.29) is 11.6 Å². The fraction of sp³-hybridized carbons (Fsp3) is 0.310. The SMILES string of the molecule is CC[C@@H](c1nnnn1Cc1ccco1)N(Cc1ccc(OC)cc1)Cc1cc2cc(OC)c(OC)cc2[nH]c1=O. The number of furan rings is 1. The first kappa shape index (κ1) is 26.9. The highest BCUT2D eigenvalue weighted by molar-refractivity contribution is 5.83. The van der Waals surface area contributed by atoms with Crippen LogP contribution in [0.5, 0.6) is 17.2 Å². The fourth-order valence-electron chi connectivity index (χ4n) is 4.87. The molecule has 1 atom stereocenters. The number of fused-ring (bicyclic) bond motifs is 1. The zero-order valence-electron chi connectivity index (χ0n) is 23.0. The number of nitrogens with zero attached hydrogens (tertiary/aromatic N) is 5. The molecule has 11 heteroatoms. The molecule has 0 bridgehead atoms. The molecule has 0 amide bonds. The zero-order chi connectivity index (χ0) is 28.1. The third-order valence-electron chi connectivity index (χ3n) is 6.91. The first-order valence-electron chi connectivity index (χ1n) is 13.0. The number of hydrogen-bond acceptors (Lipinski definition) is 9. The van der Waals surface area contributed by atoms with Crippen molar-refractivity contribution in [3.05, 3.63) is 93.9 Å². The number of tetrazole rings is 1. The lowest BCUT2D eigenvalue weighted by Gasteiger charge is -2.30. The number of pyridine rings is 1. The molecule has 5 aromatic rings. The quantitative estimate of drug-likeness (QED) is 0.245. The molecule has 0 spiro atoms. The van der Waals surface area contributed by atoms with Gasteiger partial charge in [-0.05, 0) is 58.8 Å². The number of rotatable bonds is 12. The van der Waals surface area contributed by atoms with Gasteiger partial charge in [0.2, 0.25) is 0 Å². The van der Waals surface area contributed by atoms with Crippen LogP contribution in [0.2, 0.25) is 0 Å². The van der Waals surface area contributed by atoms with Gasteiger partial charge < -0.3 is 23.6 Å². The van der Waals surface area contributed by atoms with E-state index < -0.39 is 0 Å². The van der Waals surface area contributed by atoms with Gasteiger partial charge in [-0.3, -0.25) is 9.69 Å². The van der Waals surface area contributed by atoms with Crippen LogP contribution in [0.1, 0.15) is 42.1 Å². The molecule has 40 heavy (non-hydrogen) atoms. The predicted octanol–water partition coefficient (Wildman–Crippen LogP) is 4.34. The van der Waals surface area contributed by atoms with Gasteiger partial charge in [0.05, 0.1) is 39.2 Å². The van der Waals surface area contributed by atoms with Crippen molar-refractivity contribution < 1.29 is 18.6 Å². The summed E-state index contributed by atoms with van der Waals surface area (Å²) in [5, 5.41) is 13.4. The van der Waals surface area contributed by atoms with Crippen molar-refractivity contribution in [2.24, 2.45) is 0 Å². The highest BCUT2D eigenvalue weighted by Crippen LogP contribution is 2.32. The van der Waals surface area contributed by atoms with Crippen LogP contribution >= 0.6 is 0 Å². The number of benzene rings is 2. The minimum atomic E-state index is -0.187. The van der Waals surface area contributed by atoms with Crippen LogP contribution in [-0.4, -0.2) is 51.4 Å². The highest BCUT2D eigenvalue weighted by Gasteiger charge is 2.26. The molecule has 3 aromatic heterocycles. The molecule has 208 valence electrons. The summed E-state index contributed by atoms with van der Waals surface area (Å²) in [6.45, 7) is 3.40. The molecule has 0 fully saturated rings. The summed E-state index contributed by atoms with van der Waals surface area (Å²) in [5.41, 5.74) is 2.16. The van der Waals surface area contributed by atoms with E-state index in [2.05, 4.69) is 32.3 Å². The number of H-pyrrole nitrogens is 1. The van der Waals surface area contributed by atoms with Crippen molar-refractivity contribution in [3.63, 3.8) is 0 Å². The maximum Gasteiger partial charge on any atom is 0.252 e. The van der Waals surface area contributed by atoms with E-state index in [1.165, 1.54) is 0 Å². The number of aromatic amines is 1. The summed E-state index contributed by atoms with van der Waals surface area (Å²) in [5.74, 6) is 3.36. The van der Waals surface area contributed by atoms with E-state index in [0.717, 1.165) is 22.5 Å². The van der Waals surface area contributed by atoms with E-state index in [0.29, 0.717) is 54.5 Å². The second kappa shape index (κ2) is 12.0. The van der Waals surface area contributed by atoms with Crippen molar-refractivity contribution in [1.29, 1.82) is 0 Å². The number of ether oxygens (including phenoxy) is 3. The van der Waals surface area contributed by atoms with Crippen LogP contribution < -0.4 is 19.8 Å². The molecular formula is C29H32N6O5. The van der Waals surface area contributed by atoms with E-state index in [4.69, 9.17) is 18.6 Å². The zero-order valence-corrected chi connectivity index (χ0v) is 23.0. The molecule has 2 aromatic carbocycles. The number of hydrogen-bond donors (Lipinski definition) is 1. The normalized spacial score (nSPS) is 12.1. The molecular weight excluding hydrogens is 512 g/mol. The smallest absolute Gasteiger partial charge is 0.252 e. The number of nitrogens with one attached hydrogen (secondary N) is 1. The van der Waals surface area contributed by atoms with Gasteiger partial charge in [0.15, 0.2) is 17.3 Å². The number of aromatic nitrogens is 5. The standard InChI is InChI=1S/C29H32N6O5/c1-5-25(28-31-32-33-35(28)18-23-7-6-12-40-23)34(16-19-8-10-22(37-2)11-9-19)17-21-13-20-14-26(38-3)27(39-4)15-24(20)30-29(21)36/h6-15,25H,5,16-18H2,1-4H3,(H,30,36)/t25-/m0/s1. The molecule has 0 aliphatic carbocycles. The van der Waals surface area contributed by atoms with Crippen LogP contribution in [-0.2, 0) is 19.6 Å². The Bertz CT molecular complexity index is 1610. The van der Waals surface area contributed by atoms with Gasteiger partial charge in [-0.1, -0.05) is 19.1 Å².